The zero-order valence-electron chi connectivity index (χ0n) is 10.4. The van der Waals surface area contributed by atoms with E-state index in [1.165, 1.54) is 31.5 Å². The minimum absolute atomic E-state index is 0.148. The lowest BCUT2D eigenvalue weighted by atomic mass is 9.83. The highest BCUT2D eigenvalue weighted by Gasteiger charge is 2.26. The zero-order valence-corrected chi connectivity index (χ0v) is 10.4. The molecule has 88 valence electrons. The SMILES string of the molecule is CC(C)(CN1CCCC1)c1ccccc1N. The van der Waals surface area contributed by atoms with Crippen LogP contribution in [0.25, 0.3) is 0 Å². The average Bonchev–Trinajstić information content (AvgIpc) is 2.70. The number of hydrogen-bond donors (Lipinski definition) is 1. The Balaban J connectivity index is 2.14. The molecule has 2 nitrogen and oxygen atoms in total. The van der Waals surface area contributed by atoms with Crippen molar-refractivity contribution in [2.24, 2.45) is 0 Å². The third kappa shape index (κ3) is 2.38. The number of hydrogen-bond acceptors (Lipinski definition) is 2. The van der Waals surface area contributed by atoms with Gasteiger partial charge in [-0.15, -0.1) is 0 Å². The molecular formula is C14H22N2. The van der Waals surface area contributed by atoms with Crippen LogP contribution in [0.1, 0.15) is 32.3 Å². The first-order valence-corrected chi connectivity index (χ1v) is 6.17. The molecule has 0 spiro atoms. The standard InChI is InChI=1S/C14H22N2/c1-14(2,11-16-9-5-6-10-16)12-7-3-4-8-13(12)15/h3-4,7-8H,5-6,9-11,15H2,1-2H3. The van der Waals surface area contributed by atoms with Crippen molar-refractivity contribution in [3.63, 3.8) is 0 Å². The Bertz CT molecular complexity index is 352. The van der Waals surface area contributed by atoms with Crippen LogP contribution >= 0.6 is 0 Å². The molecular weight excluding hydrogens is 196 g/mol. The molecule has 1 aliphatic rings. The summed E-state index contributed by atoms with van der Waals surface area (Å²) >= 11 is 0. The summed E-state index contributed by atoms with van der Waals surface area (Å²) in [5.74, 6) is 0. The van der Waals surface area contributed by atoms with Crippen LogP contribution < -0.4 is 5.73 Å². The van der Waals surface area contributed by atoms with Crippen molar-refractivity contribution < 1.29 is 0 Å². The van der Waals surface area contributed by atoms with Gasteiger partial charge in [0.2, 0.25) is 0 Å². The van der Waals surface area contributed by atoms with Crippen molar-refractivity contribution in [2.45, 2.75) is 32.1 Å². The molecule has 1 saturated heterocycles. The van der Waals surface area contributed by atoms with Crippen molar-refractivity contribution in [2.75, 3.05) is 25.4 Å². The van der Waals surface area contributed by atoms with E-state index < -0.39 is 0 Å². The normalized spacial score (nSPS) is 17.9. The molecule has 2 rings (SSSR count). The number of nitrogens with zero attached hydrogens (tertiary/aromatic N) is 1. The fourth-order valence-electron chi connectivity index (χ4n) is 2.70. The van der Waals surface area contributed by atoms with Gasteiger partial charge in [0, 0.05) is 17.6 Å². The highest BCUT2D eigenvalue weighted by atomic mass is 15.1. The Hall–Kier alpha value is -1.02. The minimum Gasteiger partial charge on any atom is -0.398 e. The molecule has 1 fully saturated rings. The predicted octanol–water partition coefficient (Wildman–Crippen LogP) is 2.64. The summed E-state index contributed by atoms with van der Waals surface area (Å²) in [6.07, 6.45) is 2.70. The molecule has 0 saturated carbocycles. The number of nitrogens with two attached hydrogens (primary N) is 1. The first kappa shape index (κ1) is 11.5. The summed E-state index contributed by atoms with van der Waals surface area (Å²) in [6.45, 7) is 8.18. The van der Waals surface area contributed by atoms with Gasteiger partial charge in [-0.05, 0) is 37.6 Å². The lowest BCUT2D eigenvalue weighted by Gasteiger charge is -2.31. The lowest BCUT2D eigenvalue weighted by molar-refractivity contribution is 0.270. The Morgan fingerprint density at radius 2 is 1.81 bits per heavy atom. The topological polar surface area (TPSA) is 29.3 Å². The quantitative estimate of drug-likeness (QED) is 0.790. The first-order valence-electron chi connectivity index (χ1n) is 6.17. The van der Waals surface area contributed by atoms with E-state index in [0.29, 0.717) is 0 Å². The predicted molar refractivity (Wildman–Crippen MR) is 69.6 cm³/mol. The number of likely N-dealkylation sites (tertiary alicyclic amines) is 1. The van der Waals surface area contributed by atoms with Gasteiger partial charge in [-0.3, -0.25) is 0 Å². The van der Waals surface area contributed by atoms with E-state index in [4.69, 9.17) is 5.73 Å². The summed E-state index contributed by atoms with van der Waals surface area (Å²) in [5, 5.41) is 0. The Morgan fingerprint density at radius 3 is 2.44 bits per heavy atom. The first-order chi connectivity index (χ1) is 7.59. The summed E-state index contributed by atoms with van der Waals surface area (Å²) in [4.78, 5) is 2.55. The van der Waals surface area contributed by atoms with Gasteiger partial charge in [0.25, 0.3) is 0 Å². The smallest absolute Gasteiger partial charge is 0.0352 e. The van der Waals surface area contributed by atoms with Gasteiger partial charge < -0.3 is 10.6 Å². The fourth-order valence-corrected chi connectivity index (χ4v) is 2.70. The number of anilines is 1. The van der Waals surface area contributed by atoms with Gasteiger partial charge in [0.15, 0.2) is 0 Å². The van der Waals surface area contributed by atoms with E-state index in [9.17, 15) is 0 Å². The Labute approximate surface area is 98.4 Å². The van der Waals surface area contributed by atoms with Crippen molar-refractivity contribution in [3.05, 3.63) is 29.8 Å². The third-order valence-corrected chi connectivity index (χ3v) is 3.51. The molecule has 0 amide bonds. The fraction of sp³-hybridized carbons (Fsp3) is 0.571. The maximum Gasteiger partial charge on any atom is 0.0352 e. The van der Waals surface area contributed by atoms with Crippen molar-refractivity contribution in [3.8, 4) is 0 Å². The lowest BCUT2D eigenvalue weighted by Crippen LogP contribution is -2.35. The molecule has 2 heteroatoms. The van der Waals surface area contributed by atoms with Crippen molar-refractivity contribution in [1.82, 2.24) is 4.90 Å². The zero-order chi connectivity index (χ0) is 11.6. The molecule has 1 aromatic carbocycles. The van der Waals surface area contributed by atoms with Crippen LogP contribution in [0.2, 0.25) is 0 Å². The van der Waals surface area contributed by atoms with Crippen LogP contribution in [-0.2, 0) is 5.41 Å². The molecule has 0 atom stereocenters. The van der Waals surface area contributed by atoms with Crippen LogP contribution in [0.15, 0.2) is 24.3 Å². The Kier molecular flexibility index (Phi) is 3.20. The highest BCUT2D eigenvalue weighted by Crippen LogP contribution is 2.29. The summed E-state index contributed by atoms with van der Waals surface area (Å²) in [6, 6.07) is 8.24. The molecule has 0 bridgehead atoms. The van der Waals surface area contributed by atoms with Gasteiger partial charge in [0.05, 0.1) is 0 Å². The van der Waals surface area contributed by atoms with E-state index in [2.05, 4.69) is 30.9 Å². The van der Waals surface area contributed by atoms with E-state index in [1.807, 2.05) is 12.1 Å². The highest BCUT2D eigenvalue weighted by molar-refractivity contribution is 5.50. The van der Waals surface area contributed by atoms with Crippen LogP contribution in [0, 0.1) is 0 Å². The molecule has 16 heavy (non-hydrogen) atoms. The second-order valence-electron chi connectivity index (χ2n) is 5.45. The van der Waals surface area contributed by atoms with E-state index in [1.54, 1.807) is 0 Å². The summed E-state index contributed by atoms with van der Waals surface area (Å²) in [5.41, 5.74) is 8.41. The van der Waals surface area contributed by atoms with Gasteiger partial charge in [-0.25, -0.2) is 0 Å². The number of rotatable bonds is 3. The second-order valence-corrected chi connectivity index (χ2v) is 5.45. The molecule has 1 aromatic rings. The van der Waals surface area contributed by atoms with E-state index >= 15 is 0 Å². The van der Waals surface area contributed by atoms with Crippen LogP contribution in [0.5, 0.6) is 0 Å². The maximum absolute atomic E-state index is 6.06. The summed E-state index contributed by atoms with van der Waals surface area (Å²) in [7, 11) is 0. The van der Waals surface area contributed by atoms with Crippen molar-refractivity contribution in [1.29, 1.82) is 0 Å². The van der Waals surface area contributed by atoms with Crippen LogP contribution in [-0.4, -0.2) is 24.5 Å². The molecule has 0 radical (unpaired) electrons. The maximum atomic E-state index is 6.06. The Morgan fingerprint density at radius 1 is 1.19 bits per heavy atom. The molecule has 0 unspecified atom stereocenters. The van der Waals surface area contributed by atoms with E-state index in [-0.39, 0.29) is 5.41 Å². The molecule has 1 heterocycles. The van der Waals surface area contributed by atoms with Gasteiger partial charge >= 0.3 is 0 Å². The van der Waals surface area contributed by atoms with Gasteiger partial charge in [-0.1, -0.05) is 32.0 Å². The number of nitrogen functional groups attached to an aromatic ring is 1. The molecule has 0 aliphatic carbocycles. The molecule has 2 N–H and O–H groups in total. The second kappa shape index (κ2) is 4.46. The number of para-hydroxylation sites is 1. The third-order valence-electron chi connectivity index (χ3n) is 3.51. The van der Waals surface area contributed by atoms with Crippen LogP contribution in [0.4, 0.5) is 5.69 Å². The van der Waals surface area contributed by atoms with E-state index in [0.717, 1.165) is 12.2 Å². The van der Waals surface area contributed by atoms with Crippen LogP contribution in [0.3, 0.4) is 0 Å². The average molecular weight is 218 g/mol. The molecule has 0 aromatic heterocycles. The van der Waals surface area contributed by atoms with Crippen molar-refractivity contribution >= 4 is 5.69 Å². The number of benzene rings is 1. The van der Waals surface area contributed by atoms with Gasteiger partial charge in [0.1, 0.15) is 0 Å². The molecule has 1 aliphatic heterocycles. The monoisotopic (exact) mass is 218 g/mol. The largest absolute Gasteiger partial charge is 0.398 e. The van der Waals surface area contributed by atoms with Gasteiger partial charge in [-0.2, -0.15) is 0 Å². The summed E-state index contributed by atoms with van der Waals surface area (Å²) < 4.78 is 0. The minimum atomic E-state index is 0.148.